The zero-order valence-electron chi connectivity index (χ0n) is 6.91. The molecule has 1 N–H and O–H groups in total. The molecule has 0 radical (unpaired) electrons. The van der Waals surface area contributed by atoms with Crippen LogP contribution < -0.4 is 12.6 Å². The van der Waals surface area contributed by atoms with Crippen molar-refractivity contribution in [2.75, 3.05) is 34.3 Å². The molecular weight excluding hydrogens is 218 g/mol. The maximum absolute atomic E-state index is 8.52. The van der Waals surface area contributed by atoms with Crippen molar-refractivity contribution in [1.29, 1.82) is 0 Å². The summed E-state index contributed by atoms with van der Waals surface area (Å²) in [6.07, 6.45) is 0. The van der Waals surface area contributed by atoms with Gasteiger partial charge in [0.15, 0.2) is 0 Å². The monoisotopic (exact) mass is 231 g/mol. The largest absolute Gasteiger partial charge is 0.405 e. The van der Waals surface area contributed by atoms with Crippen molar-refractivity contribution in [3.05, 3.63) is 0 Å². The summed E-state index contributed by atoms with van der Waals surface area (Å²) in [5.41, 5.74) is 0. The van der Waals surface area contributed by atoms with Gasteiger partial charge in [-0.3, -0.25) is 0 Å². The van der Waals surface area contributed by atoms with Crippen LogP contribution in [0.4, 0.5) is 0 Å². The Hall–Kier alpha value is 0.280. The minimum Gasteiger partial charge on any atom is -0.405 e. The Morgan fingerprint density at radius 2 is 1.45 bits per heavy atom. The van der Waals surface area contributed by atoms with Crippen molar-refractivity contribution < 1.29 is 37.0 Å². The van der Waals surface area contributed by atoms with Crippen molar-refractivity contribution in [2.24, 2.45) is 0 Å². The van der Waals surface area contributed by atoms with Crippen LogP contribution in [-0.4, -0.2) is 43.9 Å². The molecule has 0 aromatic rings. The smallest absolute Gasteiger partial charge is 0.216 e. The first-order valence-electron chi connectivity index (χ1n) is 2.94. The van der Waals surface area contributed by atoms with E-state index in [1.165, 1.54) is 0 Å². The Balaban J connectivity index is 0. The quantitative estimate of drug-likeness (QED) is 0.493. The summed E-state index contributed by atoms with van der Waals surface area (Å²) in [7, 11) is 6.16. The summed E-state index contributed by atoms with van der Waals surface area (Å²) in [4.78, 5) is 0. The molecule has 0 aliphatic carbocycles. The van der Waals surface area contributed by atoms with Gasteiger partial charge in [-0.15, -0.1) is 0 Å². The van der Waals surface area contributed by atoms with E-state index in [1.54, 1.807) is 0 Å². The van der Waals surface area contributed by atoms with Gasteiger partial charge in [0, 0.05) is 0 Å². The Kier molecular flexibility index (Phi) is 8.76. The fraction of sp³-hybridized carbons (Fsp3) is 1.00. The van der Waals surface area contributed by atoms with E-state index in [2.05, 4.69) is 21.1 Å². The molecule has 5 nitrogen and oxygen atoms in total. The van der Waals surface area contributed by atoms with Gasteiger partial charge < -0.3 is 22.2 Å². The van der Waals surface area contributed by atoms with Crippen molar-refractivity contribution in [2.45, 2.75) is 0 Å². The molecule has 6 heteroatoms. The highest BCUT2D eigenvalue weighted by atomic mass is 80.0. The van der Waals surface area contributed by atoms with Crippen molar-refractivity contribution in [3.8, 4) is 0 Å². The predicted octanol–water partition coefficient (Wildman–Crippen LogP) is -3.88. The molecule has 0 aromatic carbocycles. The molecule has 0 amide bonds. The fourth-order valence-corrected chi connectivity index (χ4v) is 0.300. The molecule has 0 atom stereocenters. The van der Waals surface area contributed by atoms with Crippen LogP contribution in [0.15, 0.2) is 0 Å². The number of hydrogen-bond donors (Lipinski definition) is 1. The summed E-state index contributed by atoms with van der Waals surface area (Å²) in [5.74, 6) is 0. The third kappa shape index (κ3) is 38.5. The SMILES string of the molecule is C[N+](C)(C)CCO.[O-][Br+2]([O-])[O-]. The van der Waals surface area contributed by atoms with Gasteiger partial charge in [0.1, 0.15) is 6.54 Å². The topological polar surface area (TPSA) is 89.4 Å². The highest BCUT2D eigenvalue weighted by molar-refractivity contribution is 4.19. The van der Waals surface area contributed by atoms with E-state index in [-0.39, 0.29) is 6.61 Å². The van der Waals surface area contributed by atoms with E-state index in [0.29, 0.717) is 0 Å². The number of quaternary nitrogens is 1. The van der Waals surface area contributed by atoms with Gasteiger partial charge in [-0.1, -0.05) is 0 Å². The summed E-state index contributed by atoms with van der Waals surface area (Å²) < 4.78 is 26.4. The summed E-state index contributed by atoms with van der Waals surface area (Å²) in [5, 5.41) is 8.39. The highest BCUT2D eigenvalue weighted by Crippen LogP contribution is 1.84. The van der Waals surface area contributed by atoms with Crippen LogP contribution >= 0.6 is 0 Å². The normalized spacial score (nSPS) is 10.9. The number of nitrogens with zero attached hydrogens (tertiary/aromatic N) is 1. The van der Waals surface area contributed by atoms with E-state index in [0.717, 1.165) is 11.0 Å². The Bertz CT molecular complexity index is 80.3. The molecule has 70 valence electrons. The third-order valence-electron chi connectivity index (χ3n) is 0.771. The number of halogens is 1. The van der Waals surface area contributed by atoms with Gasteiger partial charge in [0.05, 0.1) is 27.7 Å². The molecule has 0 bridgehead atoms. The molecule has 0 spiro atoms. The van der Waals surface area contributed by atoms with Crippen LogP contribution in [0.25, 0.3) is 0 Å². The molecule has 0 saturated heterocycles. The number of aliphatic hydroxyl groups is 1. The van der Waals surface area contributed by atoms with Gasteiger partial charge in [-0.25, -0.2) is 0 Å². The molecule has 0 unspecified atom stereocenters. The van der Waals surface area contributed by atoms with E-state index < -0.39 is 14.8 Å². The van der Waals surface area contributed by atoms with E-state index in [9.17, 15) is 0 Å². The summed E-state index contributed by atoms with van der Waals surface area (Å²) in [6.45, 7) is 1.11. The molecule has 0 heterocycles. The molecule has 0 aliphatic heterocycles. The van der Waals surface area contributed by atoms with Crippen LogP contribution in [0.3, 0.4) is 0 Å². The minimum absolute atomic E-state index is 0.281. The second kappa shape index (κ2) is 6.96. The predicted molar refractivity (Wildman–Crippen MR) is 30.0 cm³/mol. The van der Waals surface area contributed by atoms with Crippen LogP contribution in [0.5, 0.6) is 0 Å². The average molecular weight is 232 g/mol. The second-order valence-electron chi connectivity index (χ2n) is 2.93. The van der Waals surface area contributed by atoms with Crippen LogP contribution in [0, 0.1) is 14.8 Å². The lowest BCUT2D eigenvalue weighted by molar-refractivity contribution is -1.73. The molecule has 0 aliphatic rings. The zero-order chi connectivity index (χ0) is 9.49. The molecule has 0 saturated carbocycles. The summed E-state index contributed by atoms with van der Waals surface area (Å²) >= 11 is -3.65. The molecule has 11 heavy (non-hydrogen) atoms. The first kappa shape index (κ1) is 13.8. The van der Waals surface area contributed by atoms with Gasteiger partial charge >= 0.3 is 0 Å². The molecule has 0 aromatic heterocycles. The van der Waals surface area contributed by atoms with Crippen LogP contribution in [0.1, 0.15) is 0 Å². The number of rotatable bonds is 2. The van der Waals surface area contributed by atoms with E-state index in [4.69, 9.17) is 17.7 Å². The lowest BCUT2D eigenvalue weighted by Gasteiger charge is -2.21. The van der Waals surface area contributed by atoms with E-state index in [1.807, 2.05) is 0 Å². The van der Waals surface area contributed by atoms with Gasteiger partial charge in [0.25, 0.3) is 0 Å². The first-order valence-corrected chi connectivity index (χ1v) is 4.88. The van der Waals surface area contributed by atoms with Crippen molar-refractivity contribution in [3.63, 3.8) is 0 Å². The number of aliphatic hydroxyl groups excluding tert-OH is 1. The van der Waals surface area contributed by atoms with Crippen molar-refractivity contribution in [1.82, 2.24) is 0 Å². The zero-order valence-corrected chi connectivity index (χ0v) is 8.50. The second-order valence-corrected chi connectivity index (χ2v) is 3.72. The average Bonchev–Trinajstić information content (AvgIpc) is 1.58. The highest BCUT2D eigenvalue weighted by Gasteiger charge is 2.02. The van der Waals surface area contributed by atoms with Gasteiger partial charge in [0.2, 0.25) is 14.8 Å². The van der Waals surface area contributed by atoms with Crippen molar-refractivity contribution >= 4 is 0 Å². The molecule has 0 rings (SSSR count). The maximum Gasteiger partial charge on any atom is 0.216 e. The lowest BCUT2D eigenvalue weighted by atomic mass is 10.5. The Morgan fingerprint density at radius 3 is 1.45 bits per heavy atom. The minimum atomic E-state index is -3.65. The van der Waals surface area contributed by atoms with Crippen LogP contribution in [0.2, 0.25) is 0 Å². The lowest BCUT2D eigenvalue weighted by Crippen LogP contribution is -2.42. The maximum atomic E-state index is 8.52. The van der Waals surface area contributed by atoms with Gasteiger partial charge in [-0.2, -0.15) is 0 Å². The van der Waals surface area contributed by atoms with Crippen LogP contribution in [-0.2, 0) is 0 Å². The Morgan fingerprint density at radius 1 is 1.18 bits per heavy atom. The Labute approximate surface area is 71.9 Å². The third-order valence-corrected chi connectivity index (χ3v) is 0.771. The first-order chi connectivity index (χ1) is 4.79. The van der Waals surface area contributed by atoms with E-state index >= 15 is 0 Å². The molecular formula is C5H14BrNO4. The summed E-state index contributed by atoms with van der Waals surface area (Å²) in [6, 6.07) is 0. The fourth-order valence-electron chi connectivity index (χ4n) is 0.300. The number of hydrogen-bond acceptors (Lipinski definition) is 4. The number of likely N-dealkylation sites (N-methyl/N-ethyl adjacent to an activating group) is 1. The standard InChI is InChI=1S/C5H14NO.BrO3/c1-6(2,3)4-5-7;2-1(3)4/h7H,4-5H2,1-3H3;/q+1;-1. The van der Waals surface area contributed by atoms with Gasteiger partial charge in [-0.05, 0) is 0 Å². The molecule has 0 fully saturated rings.